The molecule has 2 atom stereocenters. The van der Waals surface area contributed by atoms with Crippen LogP contribution < -0.4 is 17.1 Å². The molecule has 0 saturated carbocycles. The number of hydrazine groups is 1. The fourth-order valence-electron chi connectivity index (χ4n) is 3.87. The Hall–Kier alpha value is -4.48. The fourth-order valence-corrected chi connectivity index (χ4v) is 3.87. The minimum Gasteiger partial charge on any atom is -0.391 e. The molecule has 266 valence electrons. The molecule has 1 unspecified atom stereocenters. The van der Waals surface area contributed by atoms with Gasteiger partial charge < -0.3 is 10.5 Å². The lowest BCUT2D eigenvalue weighted by atomic mass is 9.94. The lowest BCUT2D eigenvalue weighted by molar-refractivity contribution is -0.141. The Morgan fingerprint density at radius 3 is 1.69 bits per heavy atom. The molecular formula is C38H53ClN6O4. The van der Waals surface area contributed by atoms with Crippen LogP contribution in [0.4, 0.5) is 0 Å². The van der Waals surface area contributed by atoms with Crippen LogP contribution in [0.5, 0.6) is 0 Å². The lowest BCUT2D eigenvalue weighted by Gasteiger charge is -2.28. The van der Waals surface area contributed by atoms with E-state index in [1.165, 1.54) is 18.6 Å². The van der Waals surface area contributed by atoms with Crippen molar-refractivity contribution in [3.63, 3.8) is 0 Å². The summed E-state index contributed by atoms with van der Waals surface area (Å²) in [6.07, 6.45) is 9.56. The van der Waals surface area contributed by atoms with Gasteiger partial charge in [0.05, 0.1) is 17.7 Å². The van der Waals surface area contributed by atoms with E-state index in [1.807, 2.05) is 99.9 Å². The van der Waals surface area contributed by atoms with E-state index < -0.39 is 11.0 Å². The van der Waals surface area contributed by atoms with Crippen LogP contribution in [0.15, 0.2) is 107 Å². The highest BCUT2D eigenvalue weighted by Crippen LogP contribution is 2.32. The highest BCUT2D eigenvalue weighted by molar-refractivity contribution is 6.62. The molecule has 3 aromatic rings. The molecule has 49 heavy (non-hydrogen) atoms. The van der Waals surface area contributed by atoms with Crippen molar-refractivity contribution in [2.45, 2.75) is 79.0 Å². The number of hydrogen-bond acceptors (Lipinski definition) is 9. The van der Waals surface area contributed by atoms with Gasteiger partial charge in [0.2, 0.25) is 11.1 Å². The van der Waals surface area contributed by atoms with E-state index in [-0.39, 0.29) is 17.2 Å². The Morgan fingerprint density at radius 1 is 0.837 bits per heavy atom. The van der Waals surface area contributed by atoms with E-state index in [0.717, 1.165) is 30.3 Å². The topological polar surface area (TPSA) is 163 Å². The first-order valence-electron chi connectivity index (χ1n) is 15.7. The van der Waals surface area contributed by atoms with Gasteiger partial charge in [-0.1, -0.05) is 118 Å². The van der Waals surface area contributed by atoms with Crippen LogP contribution in [-0.2, 0) is 14.4 Å². The summed E-state index contributed by atoms with van der Waals surface area (Å²) >= 11 is 4.64. The number of carbonyl (C=O) groups is 3. The van der Waals surface area contributed by atoms with E-state index in [9.17, 15) is 14.4 Å². The Morgan fingerprint density at radius 2 is 1.29 bits per heavy atom. The van der Waals surface area contributed by atoms with Crippen molar-refractivity contribution in [2.75, 3.05) is 0 Å². The molecule has 2 aliphatic rings. The Balaban J connectivity index is 0.000000631. The maximum absolute atomic E-state index is 12.3. The third-order valence-corrected chi connectivity index (χ3v) is 5.90. The second-order valence-corrected chi connectivity index (χ2v) is 13.1. The highest BCUT2D eigenvalue weighted by Gasteiger charge is 2.34. The summed E-state index contributed by atoms with van der Waals surface area (Å²) in [5.74, 6) is 8.07. The number of aliphatic hydroxyl groups is 1. The highest BCUT2D eigenvalue weighted by atomic mass is 35.5. The summed E-state index contributed by atoms with van der Waals surface area (Å²) in [6, 6.07) is 30.6. The number of carbonyl (C=O) groups excluding carboxylic acids is 3. The predicted molar refractivity (Wildman–Crippen MR) is 202 cm³/mol. The average molecular weight is 693 g/mol. The largest absolute Gasteiger partial charge is 0.391 e. The minimum atomic E-state index is -0.500. The zero-order valence-electron chi connectivity index (χ0n) is 29.7. The molecule has 0 saturated heterocycles. The molecule has 0 aliphatic carbocycles. The van der Waals surface area contributed by atoms with Crippen molar-refractivity contribution >= 4 is 47.5 Å². The van der Waals surface area contributed by atoms with Gasteiger partial charge in [0.25, 0.3) is 0 Å². The summed E-state index contributed by atoms with van der Waals surface area (Å²) in [6.45, 7) is 12.3. The quantitative estimate of drug-likeness (QED) is 0.0754. The average Bonchev–Trinajstić information content (AvgIpc) is 3.79. The first-order valence-corrected chi connectivity index (χ1v) is 16.1. The maximum atomic E-state index is 12.3. The maximum Gasteiger partial charge on any atom is 0.248 e. The summed E-state index contributed by atoms with van der Waals surface area (Å²) < 4.78 is 0. The van der Waals surface area contributed by atoms with E-state index >= 15 is 0 Å². The van der Waals surface area contributed by atoms with Gasteiger partial charge in [0.1, 0.15) is 6.29 Å². The molecular weight excluding hydrogens is 640 g/mol. The number of benzene rings is 3. The second kappa shape index (κ2) is 24.6. The molecule has 1 amide bonds. The van der Waals surface area contributed by atoms with E-state index in [0.29, 0.717) is 6.04 Å². The lowest BCUT2D eigenvalue weighted by Crippen LogP contribution is -2.36. The molecule has 11 heteroatoms. The van der Waals surface area contributed by atoms with Gasteiger partial charge in [-0.3, -0.25) is 26.1 Å². The predicted octanol–water partition coefficient (Wildman–Crippen LogP) is 6.97. The van der Waals surface area contributed by atoms with E-state index in [2.05, 4.69) is 63.2 Å². The zero-order valence-corrected chi connectivity index (χ0v) is 30.4. The van der Waals surface area contributed by atoms with Crippen LogP contribution in [-0.4, -0.2) is 45.6 Å². The van der Waals surface area contributed by atoms with Gasteiger partial charge in [-0.05, 0) is 55.1 Å². The standard InChI is InChI=1S/C14H18N2O.C9H10N2.C9H8O.C4H10O.C2H3ClO.H4N2/c1-14(2,3)13(17)16-12(9-10-15-16)11-7-5-4-6-8-11;1-2-4-8(5-3-1)9-6-7-10-11-9;10-8-4-7-9-5-2-1-3-6-9;1-4(2,3)5;1-2(3)4;1-2/h4-8,10,12H,9H2,1-3H3;1-5,7,9,11H,6H2;1-8H;5H,1-3H3;1H3;1-2H2/b;;7-4+;;;/t12-;;;;;/m0...../s1. The molecule has 10 nitrogen and oxygen atoms in total. The molecule has 0 fully saturated rings. The molecule has 3 aromatic carbocycles. The number of hydrazone groups is 2. The number of nitrogens with two attached hydrogens (primary N) is 2. The van der Waals surface area contributed by atoms with Crippen molar-refractivity contribution < 1.29 is 19.5 Å². The van der Waals surface area contributed by atoms with Crippen molar-refractivity contribution in [2.24, 2.45) is 27.3 Å². The van der Waals surface area contributed by atoms with Gasteiger partial charge >= 0.3 is 0 Å². The molecule has 0 aromatic heterocycles. The number of nitrogens with zero attached hydrogens (tertiary/aromatic N) is 3. The Bertz CT molecular complexity index is 1400. The molecule has 0 bridgehead atoms. The number of hydrogen-bond donors (Lipinski definition) is 4. The number of rotatable bonds is 4. The summed E-state index contributed by atoms with van der Waals surface area (Å²) in [5.41, 5.74) is 5.65. The number of halogens is 1. The summed E-state index contributed by atoms with van der Waals surface area (Å²) in [7, 11) is 0. The van der Waals surface area contributed by atoms with Gasteiger partial charge in [-0.2, -0.15) is 10.2 Å². The van der Waals surface area contributed by atoms with Gasteiger partial charge in [-0.25, -0.2) is 5.01 Å². The van der Waals surface area contributed by atoms with Crippen LogP contribution >= 0.6 is 11.6 Å². The number of nitrogens with one attached hydrogen (secondary N) is 1. The van der Waals surface area contributed by atoms with Crippen molar-refractivity contribution in [1.29, 1.82) is 0 Å². The normalized spacial score (nSPS) is 15.6. The number of aldehydes is 1. The van der Waals surface area contributed by atoms with Crippen molar-refractivity contribution in [1.82, 2.24) is 10.4 Å². The van der Waals surface area contributed by atoms with Crippen LogP contribution in [0.3, 0.4) is 0 Å². The summed E-state index contributed by atoms with van der Waals surface area (Å²) in [4.78, 5) is 31.4. The van der Waals surface area contributed by atoms with Gasteiger partial charge in [0, 0.05) is 37.6 Å². The van der Waals surface area contributed by atoms with E-state index in [4.69, 9.17) is 5.11 Å². The zero-order chi connectivity index (χ0) is 37.3. The Kier molecular flexibility index (Phi) is 22.4. The van der Waals surface area contributed by atoms with Crippen LogP contribution in [0, 0.1) is 5.41 Å². The first kappa shape index (κ1) is 44.5. The van der Waals surface area contributed by atoms with Gasteiger partial charge in [0.15, 0.2) is 0 Å². The van der Waals surface area contributed by atoms with Crippen LogP contribution in [0.25, 0.3) is 6.08 Å². The third kappa shape index (κ3) is 21.9. The SMILES string of the molecule is C1=NNC(c2ccccc2)C1.CC(=O)Cl.CC(C)(C)C(=O)N1N=CC[C@H]1c1ccccc1.CC(C)(C)O.NN.O=C/C=C/c1ccccc1. The number of allylic oxidation sites excluding steroid dienone is 1. The van der Waals surface area contributed by atoms with Crippen LogP contribution in [0.2, 0.25) is 0 Å². The van der Waals surface area contributed by atoms with Crippen molar-refractivity contribution in [3.8, 4) is 0 Å². The Labute approximate surface area is 296 Å². The monoisotopic (exact) mass is 692 g/mol. The second-order valence-electron chi connectivity index (χ2n) is 12.5. The van der Waals surface area contributed by atoms with Crippen molar-refractivity contribution in [3.05, 3.63) is 114 Å². The smallest absolute Gasteiger partial charge is 0.248 e. The molecule has 2 aliphatic heterocycles. The molecule has 6 N–H and O–H groups in total. The van der Waals surface area contributed by atoms with Crippen LogP contribution in [0.1, 0.15) is 90.1 Å². The fraction of sp³-hybridized carbons (Fsp3) is 0.342. The minimum absolute atomic E-state index is 0.0583. The molecule has 0 spiro atoms. The number of amides is 1. The third-order valence-electron chi connectivity index (χ3n) is 5.90. The first-order chi connectivity index (χ1) is 23.1. The summed E-state index contributed by atoms with van der Waals surface area (Å²) in [5, 5.41) is 18.0. The molecule has 2 heterocycles. The molecule has 0 radical (unpaired) electrons. The molecule has 5 rings (SSSR count). The van der Waals surface area contributed by atoms with E-state index in [1.54, 1.807) is 31.9 Å². The van der Waals surface area contributed by atoms with Gasteiger partial charge in [-0.15, -0.1) is 0 Å².